The first-order chi connectivity index (χ1) is 13.6. The highest BCUT2D eigenvalue weighted by molar-refractivity contribution is 14.0. The Hall–Kier alpha value is -1.59. The minimum Gasteiger partial charge on any atom is -0.369 e. The minimum absolute atomic E-state index is 0. The molecule has 10 heteroatoms. The number of nitrogens with one attached hydrogen (secondary N) is 2. The van der Waals surface area contributed by atoms with Crippen molar-refractivity contribution in [2.24, 2.45) is 12.0 Å². The van der Waals surface area contributed by atoms with Crippen LogP contribution in [0.25, 0.3) is 0 Å². The Morgan fingerprint density at radius 1 is 1.17 bits per heavy atom. The van der Waals surface area contributed by atoms with Crippen molar-refractivity contribution in [2.75, 3.05) is 44.7 Å². The maximum atomic E-state index is 6.55. The normalized spacial score (nSPS) is 15.2. The number of benzene rings is 1. The molecule has 160 valence electrons. The number of aliphatic imine (C=N–C) groups is 1. The maximum absolute atomic E-state index is 6.55. The van der Waals surface area contributed by atoms with Gasteiger partial charge in [-0.25, -0.2) is 9.98 Å². The van der Waals surface area contributed by atoms with E-state index < -0.39 is 0 Å². The van der Waals surface area contributed by atoms with Gasteiger partial charge in [0.2, 0.25) is 0 Å². The second-order valence-electron chi connectivity index (χ2n) is 6.88. The number of aromatic nitrogens is 3. The molecule has 1 fully saturated rings. The molecule has 2 N–H and O–H groups in total. The lowest BCUT2D eigenvalue weighted by Gasteiger charge is -2.35. The highest BCUT2D eigenvalue weighted by Gasteiger charge is 2.18. The van der Waals surface area contributed by atoms with E-state index in [1.54, 1.807) is 11.0 Å². The number of anilines is 1. The van der Waals surface area contributed by atoms with Crippen LogP contribution in [0.5, 0.6) is 0 Å². The van der Waals surface area contributed by atoms with Gasteiger partial charge in [0.1, 0.15) is 12.2 Å². The Kier molecular flexibility index (Phi) is 9.44. The Morgan fingerprint density at radius 2 is 1.93 bits per heavy atom. The van der Waals surface area contributed by atoms with Crippen LogP contribution < -0.4 is 15.5 Å². The molecule has 0 unspecified atom stereocenters. The van der Waals surface area contributed by atoms with Gasteiger partial charge in [-0.1, -0.05) is 17.7 Å². The van der Waals surface area contributed by atoms with E-state index >= 15 is 0 Å². The Bertz CT molecular complexity index is 801. The van der Waals surface area contributed by atoms with Crippen LogP contribution >= 0.6 is 35.6 Å². The SMILES string of the molecule is CCNC(=NCc1c(Cl)cccc1N1CCN(C)CC1)NCc1ncnn1C.I. The third-order valence-corrected chi connectivity index (χ3v) is 5.25. The minimum atomic E-state index is 0. The lowest BCUT2D eigenvalue weighted by molar-refractivity contribution is 0.312. The summed E-state index contributed by atoms with van der Waals surface area (Å²) in [6, 6.07) is 6.09. The summed E-state index contributed by atoms with van der Waals surface area (Å²) in [5, 5.41) is 11.4. The third-order valence-electron chi connectivity index (χ3n) is 4.90. The molecule has 0 radical (unpaired) electrons. The molecule has 2 aromatic rings. The van der Waals surface area contributed by atoms with Crippen molar-refractivity contribution in [3.8, 4) is 0 Å². The maximum Gasteiger partial charge on any atom is 0.191 e. The summed E-state index contributed by atoms with van der Waals surface area (Å²) >= 11 is 6.55. The lowest BCUT2D eigenvalue weighted by atomic mass is 10.1. The molecule has 0 aliphatic carbocycles. The zero-order chi connectivity index (χ0) is 19.9. The molecule has 1 aromatic carbocycles. The van der Waals surface area contributed by atoms with E-state index in [1.165, 1.54) is 5.69 Å². The van der Waals surface area contributed by atoms with Crippen LogP contribution in [0, 0.1) is 0 Å². The first-order valence-electron chi connectivity index (χ1n) is 9.64. The van der Waals surface area contributed by atoms with Gasteiger partial charge in [-0.15, -0.1) is 24.0 Å². The zero-order valence-corrected chi connectivity index (χ0v) is 20.3. The summed E-state index contributed by atoms with van der Waals surface area (Å²) in [7, 11) is 4.03. The molecule has 0 bridgehead atoms. The summed E-state index contributed by atoms with van der Waals surface area (Å²) in [6.07, 6.45) is 1.55. The standard InChI is InChI=1S/C19H29ClN8.HI/c1-4-21-19(23-13-18-24-14-25-27(18)3)22-12-15-16(20)6-5-7-17(15)28-10-8-26(2)9-11-28;/h5-7,14H,4,8-13H2,1-3H3,(H2,21,22,23);1H. The number of hydrogen-bond acceptors (Lipinski definition) is 5. The fourth-order valence-electron chi connectivity index (χ4n) is 3.19. The number of likely N-dealkylation sites (N-methyl/N-ethyl adjacent to an activating group) is 1. The van der Waals surface area contributed by atoms with E-state index in [-0.39, 0.29) is 24.0 Å². The molecular weight excluding hydrogens is 503 g/mol. The lowest BCUT2D eigenvalue weighted by Crippen LogP contribution is -2.44. The summed E-state index contributed by atoms with van der Waals surface area (Å²) in [5.74, 6) is 1.58. The molecule has 8 nitrogen and oxygen atoms in total. The Balaban J connectivity index is 0.00000300. The van der Waals surface area contributed by atoms with Gasteiger partial charge in [0.05, 0.1) is 13.1 Å². The van der Waals surface area contributed by atoms with Crippen molar-refractivity contribution < 1.29 is 0 Å². The Labute approximate surface area is 194 Å². The molecule has 2 heterocycles. The third kappa shape index (κ3) is 6.45. The summed E-state index contributed by atoms with van der Waals surface area (Å²) in [6.45, 7) is 7.99. The number of hydrogen-bond donors (Lipinski definition) is 2. The molecule has 3 rings (SSSR count). The summed E-state index contributed by atoms with van der Waals surface area (Å²) in [4.78, 5) is 13.7. The van der Waals surface area contributed by atoms with Crippen molar-refractivity contribution in [1.29, 1.82) is 0 Å². The van der Waals surface area contributed by atoms with E-state index in [0.29, 0.717) is 13.1 Å². The van der Waals surface area contributed by atoms with Crippen molar-refractivity contribution in [2.45, 2.75) is 20.0 Å². The quantitative estimate of drug-likeness (QED) is 0.337. The molecule has 0 saturated carbocycles. The van der Waals surface area contributed by atoms with Crippen molar-refractivity contribution in [3.63, 3.8) is 0 Å². The van der Waals surface area contributed by atoms with Crippen LogP contribution in [0.3, 0.4) is 0 Å². The van der Waals surface area contributed by atoms with Gasteiger partial charge in [-0.3, -0.25) is 4.68 Å². The van der Waals surface area contributed by atoms with Crippen LogP contribution in [0.15, 0.2) is 29.5 Å². The highest BCUT2D eigenvalue weighted by atomic mass is 127. The smallest absolute Gasteiger partial charge is 0.191 e. The number of halogens is 2. The largest absolute Gasteiger partial charge is 0.369 e. The molecule has 0 amide bonds. The molecule has 1 aliphatic rings. The second-order valence-corrected chi connectivity index (χ2v) is 7.28. The van der Waals surface area contributed by atoms with Crippen LogP contribution in [0.4, 0.5) is 5.69 Å². The number of piperazine rings is 1. The average Bonchev–Trinajstić information content (AvgIpc) is 3.10. The monoisotopic (exact) mass is 532 g/mol. The topological polar surface area (TPSA) is 73.6 Å². The van der Waals surface area contributed by atoms with Gasteiger partial charge in [-0.05, 0) is 26.1 Å². The zero-order valence-electron chi connectivity index (χ0n) is 17.2. The fourth-order valence-corrected chi connectivity index (χ4v) is 3.42. The number of aryl methyl sites for hydroxylation is 1. The average molecular weight is 533 g/mol. The van der Waals surface area contributed by atoms with Gasteiger partial charge in [0.25, 0.3) is 0 Å². The van der Waals surface area contributed by atoms with Gasteiger partial charge in [0, 0.05) is 56.0 Å². The second kappa shape index (κ2) is 11.6. The van der Waals surface area contributed by atoms with Gasteiger partial charge >= 0.3 is 0 Å². The van der Waals surface area contributed by atoms with Crippen LogP contribution in [0.1, 0.15) is 18.3 Å². The van der Waals surface area contributed by atoms with E-state index in [1.807, 2.05) is 26.1 Å². The molecule has 1 saturated heterocycles. The molecule has 1 aliphatic heterocycles. The number of guanidine groups is 1. The van der Waals surface area contributed by atoms with Gasteiger partial charge < -0.3 is 20.4 Å². The summed E-state index contributed by atoms with van der Waals surface area (Å²) < 4.78 is 1.75. The van der Waals surface area contributed by atoms with Crippen LogP contribution in [-0.4, -0.2) is 65.4 Å². The summed E-state index contributed by atoms with van der Waals surface area (Å²) in [5.41, 5.74) is 2.23. The fraction of sp³-hybridized carbons (Fsp3) is 0.526. The van der Waals surface area contributed by atoms with Crippen molar-refractivity contribution in [3.05, 3.63) is 40.9 Å². The first-order valence-corrected chi connectivity index (χ1v) is 10.0. The van der Waals surface area contributed by atoms with Crippen molar-refractivity contribution >= 4 is 47.2 Å². The predicted molar refractivity (Wildman–Crippen MR) is 129 cm³/mol. The first kappa shape index (κ1) is 23.7. The van der Waals surface area contributed by atoms with Gasteiger partial charge in [0.15, 0.2) is 5.96 Å². The molecular formula is C19H30ClIN8. The molecule has 1 aromatic heterocycles. The van der Waals surface area contributed by atoms with E-state index in [4.69, 9.17) is 16.6 Å². The van der Waals surface area contributed by atoms with E-state index in [2.05, 4.69) is 43.6 Å². The number of nitrogens with zero attached hydrogens (tertiary/aromatic N) is 6. The predicted octanol–water partition coefficient (Wildman–Crippen LogP) is 2.09. The van der Waals surface area contributed by atoms with Crippen molar-refractivity contribution in [1.82, 2.24) is 30.3 Å². The highest BCUT2D eigenvalue weighted by Crippen LogP contribution is 2.29. The van der Waals surface area contributed by atoms with E-state index in [9.17, 15) is 0 Å². The Morgan fingerprint density at radius 3 is 2.59 bits per heavy atom. The van der Waals surface area contributed by atoms with Gasteiger partial charge in [-0.2, -0.15) is 5.10 Å². The molecule has 0 atom stereocenters. The molecule has 0 spiro atoms. The van der Waals surface area contributed by atoms with E-state index in [0.717, 1.165) is 55.1 Å². The molecule has 29 heavy (non-hydrogen) atoms. The van der Waals surface area contributed by atoms with Crippen LogP contribution in [0.2, 0.25) is 5.02 Å². The van der Waals surface area contributed by atoms with Crippen LogP contribution in [-0.2, 0) is 20.1 Å². The number of rotatable bonds is 6.